The van der Waals surface area contributed by atoms with Crippen molar-refractivity contribution in [3.05, 3.63) is 65.0 Å². The highest BCUT2D eigenvalue weighted by Gasteiger charge is 2.26. The lowest BCUT2D eigenvalue weighted by molar-refractivity contribution is -0.121. The average Bonchev–Trinajstić information content (AvgIpc) is 2.65. The summed E-state index contributed by atoms with van der Waals surface area (Å²) in [6.45, 7) is 8.81. The number of carbonyl (C=O) groups is 1. The molecule has 3 rings (SSSR count). The topological polar surface area (TPSA) is 32.3 Å². The van der Waals surface area contributed by atoms with Crippen LogP contribution in [-0.4, -0.2) is 23.9 Å². The maximum atomic E-state index is 13.1. The zero-order chi connectivity index (χ0) is 19.4. The Hall–Kier alpha value is -2.20. The molecule has 0 aliphatic carbocycles. The van der Waals surface area contributed by atoms with Crippen molar-refractivity contribution >= 4 is 11.6 Å². The third-order valence-electron chi connectivity index (χ3n) is 5.37. The van der Waals surface area contributed by atoms with Crippen LogP contribution in [0.5, 0.6) is 0 Å². The molecular weight excluding hydrogens is 339 g/mol. The molecule has 27 heavy (non-hydrogen) atoms. The third kappa shape index (κ3) is 4.95. The van der Waals surface area contributed by atoms with Gasteiger partial charge in [-0.05, 0) is 61.1 Å². The van der Waals surface area contributed by atoms with Crippen LogP contribution in [0.15, 0.2) is 42.5 Å². The van der Waals surface area contributed by atoms with Gasteiger partial charge in [0.1, 0.15) is 5.82 Å². The van der Waals surface area contributed by atoms with E-state index in [-0.39, 0.29) is 17.6 Å². The molecule has 2 aromatic rings. The van der Waals surface area contributed by atoms with E-state index in [2.05, 4.69) is 30.1 Å². The number of anilines is 1. The molecule has 1 N–H and O–H groups in total. The molecule has 0 aromatic heterocycles. The van der Waals surface area contributed by atoms with E-state index >= 15 is 0 Å². The number of halogens is 1. The lowest BCUT2D eigenvalue weighted by Gasteiger charge is -2.32. The fourth-order valence-corrected chi connectivity index (χ4v) is 3.83. The monoisotopic (exact) mass is 368 g/mol. The molecule has 2 aromatic carbocycles. The van der Waals surface area contributed by atoms with E-state index in [1.54, 1.807) is 0 Å². The maximum Gasteiger partial charge on any atom is 0.228 e. The van der Waals surface area contributed by atoms with Gasteiger partial charge in [0.05, 0.1) is 5.92 Å². The number of hydrogen-bond acceptors (Lipinski definition) is 2. The lowest BCUT2D eigenvalue weighted by atomic mass is 9.94. The summed E-state index contributed by atoms with van der Waals surface area (Å²) in [4.78, 5) is 15.2. The van der Waals surface area contributed by atoms with Crippen molar-refractivity contribution in [2.24, 2.45) is 5.92 Å². The highest BCUT2D eigenvalue weighted by atomic mass is 19.1. The summed E-state index contributed by atoms with van der Waals surface area (Å²) in [7, 11) is 0. The molecule has 1 heterocycles. The van der Waals surface area contributed by atoms with Gasteiger partial charge in [-0.1, -0.05) is 44.2 Å². The number of nitrogens with zero attached hydrogens (tertiary/aromatic N) is 1. The number of piperidine rings is 1. The largest absolute Gasteiger partial charge is 0.325 e. The lowest BCUT2D eigenvalue weighted by Crippen LogP contribution is -2.40. The Labute approximate surface area is 161 Å². The fourth-order valence-electron chi connectivity index (χ4n) is 3.83. The molecule has 1 aliphatic rings. The van der Waals surface area contributed by atoms with Gasteiger partial charge < -0.3 is 5.32 Å². The van der Waals surface area contributed by atoms with Crippen LogP contribution in [0.4, 0.5) is 10.1 Å². The van der Waals surface area contributed by atoms with E-state index in [9.17, 15) is 9.18 Å². The zero-order valence-corrected chi connectivity index (χ0v) is 16.5. The molecule has 0 radical (unpaired) electrons. The summed E-state index contributed by atoms with van der Waals surface area (Å²) in [5, 5.41) is 3.21. The van der Waals surface area contributed by atoms with Gasteiger partial charge in [0.2, 0.25) is 5.91 Å². The van der Waals surface area contributed by atoms with Gasteiger partial charge in [-0.15, -0.1) is 0 Å². The summed E-state index contributed by atoms with van der Waals surface area (Å²) in [6, 6.07) is 12.8. The van der Waals surface area contributed by atoms with E-state index in [1.807, 2.05) is 31.2 Å². The van der Waals surface area contributed by atoms with Gasteiger partial charge in [-0.2, -0.15) is 0 Å². The number of likely N-dealkylation sites (tertiary alicyclic amines) is 1. The van der Waals surface area contributed by atoms with Gasteiger partial charge in [0, 0.05) is 18.8 Å². The highest BCUT2D eigenvalue weighted by Crippen LogP contribution is 2.29. The molecule has 4 heteroatoms. The normalized spacial score (nSPS) is 17.9. The summed E-state index contributed by atoms with van der Waals surface area (Å²) in [5.74, 6) is 0.240. The molecule has 1 aliphatic heterocycles. The molecular formula is C23H29FN2O. The Bertz CT molecular complexity index is 785. The van der Waals surface area contributed by atoms with Crippen molar-refractivity contribution < 1.29 is 9.18 Å². The van der Waals surface area contributed by atoms with E-state index in [0.717, 1.165) is 49.3 Å². The van der Waals surface area contributed by atoms with Crippen molar-refractivity contribution in [2.75, 3.05) is 18.4 Å². The second-order valence-electron chi connectivity index (χ2n) is 7.88. The van der Waals surface area contributed by atoms with Crippen LogP contribution in [0.3, 0.4) is 0 Å². The minimum absolute atomic E-state index is 0.0150. The molecule has 144 valence electrons. The van der Waals surface area contributed by atoms with Gasteiger partial charge in [0.15, 0.2) is 0 Å². The number of carbonyl (C=O) groups excluding carboxylic acids is 1. The quantitative estimate of drug-likeness (QED) is 0.795. The zero-order valence-electron chi connectivity index (χ0n) is 16.5. The number of aryl methyl sites for hydroxylation is 1. The second kappa shape index (κ2) is 8.66. The van der Waals surface area contributed by atoms with Crippen molar-refractivity contribution in [2.45, 2.75) is 46.1 Å². The van der Waals surface area contributed by atoms with E-state index < -0.39 is 0 Å². The molecule has 1 amide bonds. The molecule has 0 bridgehead atoms. The van der Waals surface area contributed by atoms with Gasteiger partial charge in [-0.25, -0.2) is 4.39 Å². The van der Waals surface area contributed by atoms with Crippen LogP contribution >= 0.6 is 0 Å². The maximum absolute atomic E-state index is 13.1. The molecule has 1 atom stereocenters. The third-order valence-corrected chi connectivity index (χ3v) is 5.37. The van der Waals surface area contributed by atoms with E-state index in [4.69, 9.17) is 0 Å². The number of amides is 1. The first kappa shape index (κ1) is 19.6. The summed E-state index contributed by atoms with van der Waals surface area (Å²) < 4.78 is 13.1. The SMILES string of the molecule is Cc1cccc(C(C)C)c1NC(=O)[C@@H]1CCCN(Cc2ccc(F)cc2)C1. The molecule has 0 saturated carbocycles. The van der Waals surface area contributed by atoms with Crippen molar-refractivity contribution in [1.29, 1.82) is 0 Å². The minimum atomic E-state index is -0.214. The van der Waals surface area contributed by atoms with Crippen LogP contribution in [0.25, 0.3) is 0 Å². The number of para-hydroxylation sites is 1. The number of nitrogens with one attached hydrogen (secondary N) is 1. The average molecular weight is 368 g/mol. The molecule has 1 fully saturated rings. The van der Waals surface area contributed by atoms with Crippen LogP contribution in [0, 0.1) is 18.7 Å². The first-order chi connectivity index (χ1) is 12.9. The Balaban J connectivity index is 1.66. The Morgan fingerprint density at radius 3 is 2.67 bits per heavy atom. The summed E-state index contributed by atoms with van der Waals surface area (Å²) in [5.41, 5.74) is 4.34. The van der Waals surface area contributed by atoms with Gasteiger partial charge in [-0.3, -0.25) is 9.69 Å². The van der Waals surface area contributed by atoms with Crippen molar-refractivity contribution in [1.82, 2.24) is 4.90 Å². The van der Waals surface area contributed by atoms with Gasteiger partial charge in [0.25, 0.3) is 0 Å². The molecule has 3 nitrogen and oxygen atoms in total. The van der Waals surface area contributed by atoms with Crippen LogP contribution in [0.2, 0.25) is 0 Å². The van der Waals surface area contributed by atoms with Crippen LogP contribution in [-0.2, 0) is 11.3 Å². The van der Waals surface area contributed by atoms with Crippen LogP contribution in [0.1, 0.15) is 49.3 Å². The first-order valence-electron chi connectivity index (χ1n) is 9.81. The predicted octanol–water partition coefficient (Wildman–Crippen LogP) is 5.11. The number of hydrogen-bond donors (Lipinski definition) is 1. The smallest absolute Gasteiger partial charge is 0.228 e. The number of benzene rings is 2. The molecule has 0 spiro atoms. The fraction of sp³-hybridized carbons (Fsp3) is 0.435. The van der Waals surface area contributed by atoms with Crippen molar-refractivity contribution in [3.63, 3.8) is 0 Å². The Kier molecular flexibility index (Phi) is 6.27. The Morgan fingerprint density at radius 1 is 1.22 bits per heavy atom. The van der Waals surface area contributed by atoms with Crippen molar-refractivity contribution in [3.8, 4) is 0 Å². The predicted molar refractivity (Wildman–Crippen MR) is 108 cm³/mol. The molecule has 1 saturated heterocycles. The summed E-state index contributed by atoms with van der Waals surface area (Å²) >= 11 is 0. The van der Waals surface area contributed by atoms with Crippen LogP contribution < -0.4 is 5.32 Å². The van der Waals surface area contributed by atoms with E-state index in [0.29, 0.717) is 5.92 Å². The standard InChI is InChI=1S/C23H29FN2O/c1-16(2)21-8-4-6-17(3)22(21)25-23(27)19-7-5-13-26(15-19)14-18-9-11-20(24)12-10-18/h4,6,8-12,16,19H,5,7,13-15H2,1-3H3,(H,25,27)/t19-/m1/s1. The first-order valence-corrected chi connectivity index (χ1v) is 9.81. The Morgan fingerprint density at radius 2 is 1.96 bits per heavy atom. The highest BCUT2D eigenvalue weighted by molar-refractivity contribution is 5.94. The van der Waals surface area contributed by atoms with Gasteiger partial charge >= 0.3 is 0 Å². The summed E-state index contributed by atoms with van der Waals surface area (Å²) in [6.07, 6.45) is 1.92. The minimum Gasteiger partial charge on any atom is -0.325 e. The second-order valence-corrected chi connectivity index (χ2v) is 7.88. The number of rotatable bonds is 5. The molecule has 0 unspecified atom stereocenters. The van der Waals surface area contributed by atoms with E-state index in [1.165, 1.54) is 17.7 Å².